The van der Waals surface area contributed by atoms with Crippen LogP contribution in [0.2, 0.25) is 5.02 Å². The standard InChI is InChI=1S/C15H11BrClN3/c16-9-7-12-13(18)5-6-14(15(12)19-8-9)20-11-3-1-10(17)2-4-11/h1-8,20H,18H2. The fraction of sp³-hybridized carbons (Fsp3) is 0. The zero-order valence-corrected chi connectivity index (χ0v) is 12.7. The molecule has 0 aliphatic carbocycles. The first-order valence-corrected chi connectivity index (χ1v) is 7.17. The van der Waals surface area contributed by atoms with E-state index < -0.39 is 0 Å². The number of nitrogens with zero attached hydrogens (tertiary/aromatic N) is 1. The predicted octanol–water partition coefficient (Wildman–Crippen LogP) is 4.98. The highest BCUT2D eigenvalue weighted by Gasteiger charge is 2.06. The van der Waals surface area contributed by atoms with E-state index in [0.29, 0.717) is 10.7 Å². The third-order valence-corrected chi connectivity index (χ3v) is 3.66. The Morgan fingerprint density at radius 3 is 2.60 bits per heavy atom. The second kappa shape index (κ2) is 5.31. The van der Waals surface area contributed by atoms with Crippen molar-refractivity contribution in [1.29, 1.82) is 0 Å². The average Bonchev–Trinajstić information content (AvgIpc) is 2.44. The van der Waals surface area contributed by atoms with E-state index in [-0.39, 0.29) is 0 Å². The van der Waals surface area contributed by atoms with Crippen molar-refractivity contribution in [2.24, 2.45) is 0 Å². The van der Waals surface area contributed by atoms with Gasteiger partial charge in [0.1, 0.15) is 0 Å². The molecule has 3 N–H and O–H groups in total. The third-order valence-electron chi connectivity index (χ3n) is 2.97. The SMILES string of the molecule is Nc1ccc(Nc2ccc(Cl)cc2)c2ncc(Br)cc12. The Labute approximate surface area is 129 Å². The fourth-order valence-electron chi connectivity index (χ4n) is 2.01. The summed E-state index contributed by atoms with van der Waals surface area (Å²) in [5.74, 6) is 0. The molecule has 100 valence electrons. The Morgan fingerprint density at radius 2 is 1.85 bits per heavy atom. The van der Waals surface area contributed by atoms with Gasteiger partial charge in [-0.25, -0.2) is 0 Å². The van der Waals surface area contributed by atoms with Crippen molar-refractivity contribution in [2.75, 3.05) is 11.1 Å². The van der Waals surface area contributed by atoms with Crippen LogP contribution in [0.1, 0.15) is 0 Å². The lowest BCUT2D eigenvalue weighted by atomic mass is 10.1. The average molecular weight is 349 g/mol. The van der Waals surface area contributed by atoms with E-state index in [1.807, 2.05) is 42.5 Å². The van der Waals surface area contributed by atoms with Crippen LogP contribution in [-0.4, -0.2) is 4.98 Å². The first-order chi connectivity index (χ1) is 9.63. The molecule has 0 fully saturated rings. The number of benzene rings is 2. The molecule has 0 spiro atoms. The number of nitrogen functional groups attached to an aromatic ring is 1. The lowest BCUT2D eigenvalue weighted by molar-refractivity contribution is 1.38. The van der Waals surface area contributed by atoms with Gasteiger partial charge in [0.25, 0.3) is 0 Å². The summed E-state index contributed by atoms with van der Waals surface area (Å²) in [5, 5.41) is 4.95. The quantitative estimate of drug-likeness (QED) is 0.642. The monoisotopic (exact) mass is 347 g/mol. The van der Waals surface area contributed by atoms with Gasteiger partial charge in [0.15, 0.2) is 0 Å². The number of nitrogens with one attached hydrogen (secondary N) is 1. The molecule has 0 bridgehead atoms. The van der Waals surface area contributed by atoms with Crippen LogP contribution in [0.5, 0.6) is 0 Å². The Hall–Kier alpha value is -1.78. The largest absolute Gasteiger partial charge is 0.398 e. The number of anilines is 3. The molecule has 0 unspecified atom stereocenters. The number of hydrogen-bond donors (Lipinski definition) is 2. The minimum absolute atomic E-state index is 0.704. The number of halogens is 2. The van der Waals surface area contributed by atoms with Crippen LogP contribution in [0, 0.1) is 0 Å². The first kappa shape index (κ1) is 13.2. The van der Waals surface area contributed by atoms with Crippen molar-refractivity contribution >= 4 is 55.5 Å². The normalized spacial score (nSPS) is 10.7. The molecule has 1 heterocycles. The molecular weight excluding hydrogens is 338 g/mol. The Morgan fingerprint density at radius 1 is 1.10 bits per heavy atom. The molecule has 0 saturated carbocycles. The lowest BCUT2D eigenvalue weighted by Crippen LogP contribution is -1.95. The van der Waals surface area contributed by atoms with Crippen LogP contribution < -0.4 is 11.1 Å². The Kier molecular flexibility index (Phi) is 3.51. The summed E-state index contributed by atoms with van der Waals surface area (Å²) in [6.07, 6.45) is 1.76. The van der Waals surface area contributed by atoms with Gasteiger partial charge >= 0.3 is 0 Å². The molecular formula is C15H11BrClN3. The fourth-order valence-corrected chi connectivity index (χ4v) is 2.46. The van der Waals surface area contributed by atoms with Crippen LogP contribution in [0.25, 0.3) is 10.9 Å². The Balaban J connectivity index is 2.08. The van der Waals surface area contributed by atoms with Gasteiger partial charge < -0.3 is 11.1 Å². The first-order valence-electron chi connectivity index (χ1n) is 6.00. The predicted molar refractivity (Wildman–Crippen MR) is 88.6 cm³/mol. The van der Waals surface area contributed by atoms with Crippen LogP contribution >= 0.6 is 27.5 Å². The maximum Gasteiger partial charge on any atom is 0.0958 e. The smallest absolute Gasteiger partial charge is 0.0958 e. The zero-order chi connectivity index (χ0) is 14.1. The molecule has 1 aromatic heterocycles. The van der Waals surface area contributed by atoms with Gasteiger partial charge in [-0.1, -0.05) is 11.6 Å². The molecule has 0 amide bonds. The highest BCUT2D eigenvalue weighted by atomic mass is 79.9. The molecule has 3 nitrogen and oxygen atoms in total. The third kappa shape index (κ3) is 2.57. The van der Waals surface area contributed by atoms with Gasteiger partial charge in [0.2, 0.25) is 0 Å². The number of fused-ring (bicyclic) bond motifs is 1. The lowest BCUT2D eigenvalue weighted by Gasteiger charge is -2.11. The van der Waals surface area contributed by atoms with E-state index in [1.54, 1.807) is 6.20 Å². The highest BCUT2D eigenvalue weighted by Crippen LogP contribution is 2.30. The number of pyridine rings is 1. The van der Waals surface area contributed by atoms with E-state index in [1.165, 1.54) is 0 Å². The number of hydrogen-bond acceptors (Lipinski definition) is 3. The van der Waals surface area contributed by atoms with Gasteiger partial charge in [0, 0.05) is 32.5 Å². The molecule has 3 aromatic rings. The second-order valence-electron chi connectivity index (χ2n) is 4.38. The van der Waals surface area contributed by atoms with E-state index >= 15 is 0 Å². The zero-order valence-electron chi connectivity index (χ0n) is 10.4. The van der Waals surface area contributed by atoms with Gasteiger partial charge in [-0.05, 0) is 58.4 Å². The van der Waals surface area contributed by atoms with Crippen molar-refractivity contribution in [3.8, 4) is 0 Å². The molecule has 0 aliphatic rings. The van der Waals surface area contributed by atoms with E-state index in [0.717, 1.165) is 26.8 Å². The van der Waals surface area contributed by atoms with Gasteiger partial charge in [-0.15, -0.1) is 0 Å². The van der Waals surface area contributed by atoms with E-state index in [9.17, 15) is 0 Å². The molecule has 0 atom stereocenters. The van der Waals surface area contributed by atoms with Crippen LogP contribution in [0.15, 0.2) is 53.1 Å². The van der Waals surface area contributed by atoms with Gasteiger partial charge in [0.05, 0.1) is 11.2 Å². The van der Waals surface area contributed by atoms with Crippen molar-refractivity contribution in [3.63, 3.8) is 0 Å². The van der Waals surface area contributed by atoms with Crippen molar-refractivity contribution in [2.45, 2.75) is 0 Å². The highest BCUT2D eigenvalue weighted by molar-refractivity contribution is 9.10. The Bertz CT molecular complexity index is 772. The van der Waals surface area contributed by atoms with Crippen LogP contribution in [0.3, 0.4) is 0 Å². The topological polar surface area (TPSA) is 50.9 Å². The number of rotatable bonds is 2. The molecule has 0 radical (unpaired) electrons. The van der Waals surface area contributed by atoms with E-state index in [2.05, 4.69) is 26.2 Å². The summed E-state index contributed by atoms with van der Waals surface area (Å²) < 4.78 is 0.903. The van der Waals surface area contributed by atoms with E-state index in [4.69, 9.17) is 17.3 Å². The minimum Gasteiger partial charge on any atom is -0.398 e. The van der Waals surface area contributed by atoms with Gasteiger partial charge in [-0.3, -0.25) is 4.98 Å². The molecule has 5 heteroatoms. The maximum atomic E-state index is 6.00. The summed E-state index contributed by atoms with van der Waals surface area (Å²) >= 11 is 9.30. The molecule has 0 aliphatic heterocycles. The summed E-state index contributed by atoms with van der Waals surface area (Å²) in [6.45, 7) is 0. The summed E-state index contributed by atoms with van der Waals surface area (Å²) in [5.41, 5.74) is 9.40. The van der Waals surface area contributed by atoms with Gasteiger partial charge in [-0.2, -0.15) is 0 Å². The van der Waals surface area contributed by atoms with Crippen molar-refractivity contribution < 1.29 is 0 Å². The van der Waals surface area contributed by atoms with Crippen molar-refractivity contribution in [3.05, 3.63) is 58.2 Å². The molecule has 3 rings (SSSR count). The summed E-state index contributed by atoms with van der Waals surface area (Å²) in [6, 6.07) is 13.3. The van der Waals surface area contributed by atoms with Crippen LogP contribution in [0.4, 0.5) is 17.1 Å². The molecule has 0 saturated heterocycles. The van der Waals surface area contributed by atoms with Crippen LogP contribution in [-0.2, 0) is 0 Å². The molecule has 2 aromatic carbocycles. The summed E-state index contributed by atoms with van der Waals surface area (Å²) in [4.78, 5) is 4.44. The second-order valence-corrected chi connectivity index (χ2v) is 5.74. The number of nitrogens with two attached hydrogens (primary N) is 1. The van der Waals surface area contributed by atoms with Crippen molar-refractivity contribution in [1.82, 2.24) is 4.98 Å². The maximum absolute atomic E-state index is 6.00. The molecule has 20 heavy (non-hydrogen) atoms. The summed E-state index contributed by atoms with van der Waals surface area (Å²) in [7, 11) is 0. The minimum atomic E-state index is 0.704. The number of aromatic nitrogens is 1.